The molecular formula is C8H10NW-. The van der Waals surface area contributed by atoms with Gasteiger partial charge in [0.15, 0.2) is 0 Å². The van der Waals surface area contributed by atoms with Crippen LogP contribution in [0.5, 0.6) is 0 Å². The van der Waals surface area contributed by atoms with Crippen LogP contribution >= 0.6 is 0 Å². The molecule has 0 fully saturated rings. The summed E-state index contributed by atoms with van der Waals surface area (Å²) in [5, 5.41) is 0. The van der Waals surface area contributed by atoms with E-state index in [0.29, 0.717) is 0 Å². The summed E-state index contributed by atoms with van der Waals surface area (Å²) in [6.07, 6.45) is 3.90. The second-order valence-corrected chi connectivity index (χ2v) is 2.10. The molecule has 1 aromatic heterocycles. The Morgan fingerprint density at radius 1 is 1.60 bits per heavy atom. The van der Waals surface area contributed by atoms with Crippen LogP contribution in [0.3, 0.4) is 0 Å². The Labute approximate surface area is 76.1 Å². The van der Waals surface area contributed by atoms with E-state index in [0.717, 1.165) is 12.1 Å². The molecule has 0 aromatic carbocycles. The summed E-state index contributed by atoms with van der Waals surface area (Å²) in [6, 6.07) is 4.00. The van der Waals surface area contributed by atoms with Gasteiger partial charge in [-0.25, -0.2) is 0 Å². The third-order valence-electron chi connectivity index (χ3n) is 1.29. The smallest absolute Gasteiger partial charge is 0 e. The normalized spacial score (nSPS) is 8.60. The van der Waals surface area contributed by atoms with Crippen molar-refractivity contribution in [1.82, 2.24) is 4.98 Å². The fraction of sp³-hybridized carbons (Fsp3) is 0.375. The molecule has 0 aliphatic carbocycles. The molecule has 0 bridgehead atoms. The largest absolute Gasteiger partial charge is 0.391 e. The number of hydrogen-bond acceptors (Lipinski definition) is 1. The van der Waals surface area contributed by atoms with Crippen LogP contribution in [0.4, 0.5) is 0 Å². The van der Waals surface area contributed by atoms with E-state index in [4.69, 9.17) is 0 Å². The topological polar surface area (TPSA) is 12.9 Å². The fourth-order valence-corrected chi connectivity index (χ4v) is 0.763. The van der Waals surface area contributed by atoms with Gasteiger partial charge in [-0.15, -0.1) is 6.07 Å². The van der Waals surface area contributed by atoms with E-state index in [2.05, 4.69) is 24.2 Å². The summed E-state index contributed by atoms with van der Waals surface area (Å²) in [5.41, 5.74) is 2.36. The summed E-state index contributed by atoms with van der Waals surface area (Å²) in [7, 11) is 0. The average molecular weight is 304 g/mol. The SMILES string of the molecule is CCc1c[c-]nc(C)c1.[W]. The van der Waals surface area contributed by atoms with E-state index < -0.39 is 0 Å². The summed E-state index contributed by atoms with van der Waals surface area (Å²) in [5.74, 6) is 0. The molecule has 0 saturated heterocycles. The van der Waals surface area contributed by atoms with Gasteiger partial charge in [0.05, 0.1) is 0 Å². The first kappa shape index (κ1) is 9.84. The van der Waals surface area contributed by atoms with Crippen molar-refractivity contribution in [1.29, 1.82) is 0 Å². The molecule has 0 aliphatic rings. The molecule has 1 heterocycles. The standard InChI is InChI=1S/C8H10N.W/c1-3-8-4-5-9-7(2)6-8;/h4,6H,3H2,1-2H3;/q-1;. The van der Waals surface area contributed by atoms with Crippen LogP contribution in [0.1, 0.15) is 18.2 Å². The van der Waals surface area contributed by atoms with E-state index >= 15 is 0 Å². The van der Waals surface area contributed by atoms with Crippen LogP contribution in [0.25, 0.3) is 0 Å². The zero-order chi connectivity index (χ0) is 6.69. The van der Waals surface area contributed by atoms with Gasteiger partial charge in [0.25, 0.3) is 0 Å². The van der Waals surface area contributed by atoms with Crippen molar-refractivity contribution in [3.63, 3.8) is 0 Å². The Morgan fingerprint density at radius 3 is 2.70 bits per heavy atom. The number of hydrogen-bond donors (Lipinski definition) is 0. The number of nitrogens with zero attached hydrogens (tertiary/aromatic N) is 1. The van der Waals surface area contributed by atoms with E-state index in [1.165, 1.54) is 5.56 Å². The zero-order valence-electron chi connectivity index (χ0n) is 6.22. The molecule has 54 valence electrons. The Hall–Kier alpha value is -0.162. The van der Waals surface area contributed by atoms with Crippen LogP contribution in [-0.4, -0.2) is 4.98 Å². The van der Waals surface area contributed by atoms with Gasteiger partial charge in [0.1, 0.15) is 0 Å². The van der Waals surface area contributed by atoms with Crippen LogP contribution in [0, 0.1) is 13.1 Å². The third-order valence-corrected chi connectivity index (χ3v) is 1.29. The molecule has 1 aromatic rings. The van der Waals surface area contributed by atoms with Gasteiger partial charge in [-0.3, -0.25) is 0 Å². The molecule has 0 saturated carbocycles. The summed E-state index contributed by atoms with van der Waals surface area (Å²) in [4.78, 5) is 3.96. The number of rotatable bonds is 1. The predicted octanol–water partition coefficient (Wildman–Crippen LogP) is 1.75. The molecule has 0 unspecified atom stereocenters. The summed E-state index contributed by atoms with van der Waals surface area (Å²) in [6.45, 7) is 4.11. The molecule has 1 nitrogen and oxygen atoms in total. The molecule has 0 atom stereocenters. The Kier molecular flexibility index (Phi) is 4.55. The number of aryl methyl sites for hydroxylation is 2. The van der Waals surface area contributed by atoms with Crippen molar-refractivity contribution in [2.24, 2.45) is 0 Å². The van der Waals surface area contributed by atoms with Gasteiger partial charge >= 0.3 is 0 Å². The maximum absolute atomic E-state index is 3.96. The van der Waals surface area contributed by atoms with Gasteiger partial charge in [-0.05, 0) is 0 Å². The predicted molar refractivity (Wildman–Crippen MR) is 37.2 cm³/mol. The Morgan fingerprint density at radius 2 is 2.30 bits per heavy atom. The second-order valence-electron chi connectivity index (χ2n) is 2.10. The van der Waals surface area contributed by atoms with E-state index in [9.17, 15) is 0 Å². The molecule has 0 aliphatic heterocycles. The quantitative estimate of drug-likeness (QED) is 0.720. The molecule has 0 amide bonds. The van der Waals surface area contributed by atoms with E-state index in [1.807, 2.05) is 13.0 Å². The molecule has 0 N–H and O–H groups in total. The van der Waals surface area contributed by atoms with Gasteiger partial charge in [-0.1, -0.05) is 32.2 Å². The summed E-state index contributed by atoms with van der Waals surface area (Å²) < 4.78 is 0. The van der Waals surface area contributed by atoms with Crippen LogP contribution < -0.4 is 0 Å². The van der Waals surface area contributed by atoms with E-state index in [1.54, 1.807) is 0 Å². The van der Waals surface area contributed by atoms with Crippen LogP contribution in [-0.2, 0) is 27.5 Å². The minimum Gasteiger partial charge on any atom is -0.391 e. The van der Waals surface area contributed by atoms with Crippen molar-refractivity contribution >= 4 is 0 Å². The minimum absolute atomic E-state index is 0. The molecule has 0 radical (unpaired) electrons. The first-order valence-electron chi connectivity index (χ1n) is 3.16. The first-order chi connectivity index (χ1) is 4.33. The molecule has 0 spiro atoms. The van der Waals surface area contributed by atoms with Crippen molar-refractivity contribution in [3.8, 4) is 0 Å². The molecular weight excluding hydrogens is 294 g/mol. The third kappa shape index (κ3) is 2.62. The molecule has 2 heteroatoms. The maximum atomic E-state index is 3.96. The monoisotopic (exact) mass is 304 g/mol. The molecule has 10 heavy (non-hydrogen) atoms. The first-order valence-corrected chi connectivity index (χ1v) is 3.16. The van der Waals surface area contributed by atoms with Gasteiger partial charge in [0.2, 0.25) is 0 Å². The fourth-order valence-electron chi connectivity index (χ4n) is 0.763. The Balaban J connectivity index is 0.000000810. The van der Waals surface area contributed by atoms with E-state index in [-0.39, 0.29) is 21.1 Å². The zero-order valence-corrected chi connectivity index (χ0v) is 9.15. The van der Waals surface area contributed by atoms with Crippen molar-refractivity contribution < 1.29 is 21.1 Å². The van der Waals surface area contributed by atoms with Gasteiger partial charge in [0, 0.05) is 21.1 Å². The van der Waals surface area contributed by atoms with Crippen molar-refractivity contribution in [3.05, 3.63) is 29.6 Å². The van der Waals surface area contributed by atoms with Gasteiger partial charge < -0.3 is 4.98 Å². The number of aromatic nitrogens is 1. The number of pyridine rings is 1. The van der Waals surface area contributed by atoms with Crippen molar-refractivity contribution in [2.75, 3.05) is 0 Å². The second kappa shape index (κ2) is 4.62. The Bertz CT molecular complexity index is 198. The minimum atomic E-state index is 0. The molecule has 1 rings (SSSR count). The maximum Gasteiger partial charge on any atom is 0 e. The van der Waals surface area contributed by atoms with Crippen LogP contribution in [0.15, 0.2) is 12.1 Å². The van der Waals surface area contributed by atoms with Gasteiger partial charge in [-0.2, -0.15) is 11.6 Å². The van der Waals surface area contributed by atoms with Crippen molar-refractivity contribution in [2.45, 2.75) is 20.3 Å². The summed E-state index contributed by atoms with van der Waals surface area (Å²) >= 11 is 0. The average Bonchev–Trinajstić information content (AvgIpc) is 1.88. The van der Waals surface area contributed by atoms with Crippen LogP contribution in [0.2, 0.25) is 0 Å².